The van der Waals surface area contributed by atoms with Crippen molar-refractivity contribution in [2.75, 3.05) is 13.1 Å². The Bertz CT molecular complexity index is 307. The van der Waals surface area contributed by atoms with Crippen molar-refractivity contribution in [1.29, 1.82) is 0 Å². The Morgan fingerprint density at radius 2 is 2.00 bits per heavy atom. The zero-order valence-electron chi connectivity index (χ0n) is 11.3. The number of hydrogen-bond acceptors (Lipinski definition) is 4. The van der Waals surface area contributed by atoms with Crippen molar-refractivity contribution in [2.24, 2.45) is 10.6 Å². The van der Waals surface area contributed by atoms with E-state index in [-0.39, 0.29) is 17.6 Å². The van der Waals surface area contributed by atoms with Gasteiger partial charge in [0.25, 0.3) is 0 Å². The predicted molar refractivity (Wildman–Crippen MR) is 65.8 cm³/mol. The van der Waals surface area contributed by atoms with Crippen LogP contribution in [-0.4, -0.2) is 35.7 Å². The number of piperidine rings is 1. The summed E-state index contributed by atoms with van der Waals surface area (Å²) in [6, 6.07) is -0.221. The van der Waals surface area contributed by atoms with Crippen molar-refractivity contribution in [3.8, 4) is 0 Å². The Morgan fingerprint density at radius 3 is 2.41 bits per heavy atom. The molecule has 1 amide bonds. The smallest absolute Gasteiger partial charge is 0.410 e. The fourth-order valence-electron chi connectivity index (χ4n) is 2.02. The maximum absolute atomic E-state index is 11.9. The molecule has 0 radical (unpaired) electrons. The van der Waals surface area contributed by atoms with Gasteiger partial charge in [-0.25, -0.2) is 4.79 Å². The van der Waals surface area contributed by atoms with Gasteiger partial charge in [0.15, 0.2) is 0 Å². The summed E-state index contributed by atoms with van der Waals surface area (Å²) < 4.78 is 5.32. The van der Waals surface area contributed by atoms with Gasteiger partial charge in [-0.15, -0.1) is 0 Å². The van der Waals surface area contributed by atoms with Gasteiger partial charge in [0.2, 0.25) is 0 Å². The Morgan fingerprint density at radius 1 is 1.41 bits per heavy atom. The fraction of sp³-hybridized carbons (Fsp3) is 0.917. The molecular weight excluding hydrogens is 220 g/mol. The van der Waals surface area contributed by atoms with Crippen LogP contribution in [0.4, 0.5) is 4.79 Å². The first-order valence-electron chi connectivity index (χ1n) is 5.96. The molecule has 1 aliphatic heterocycles. The van der Waals surface area contributed by atoms with Crippen LogP contribution in [0.1, 0.15) is 41.0 Å². The molecule has 1 saturated heterocycles. The van der Waals surface area contributed by atoms with E-state index in [1.54, 1.807) is 4.90 Å². The Hall–Kier alpha value is -1.13. The first-order valence-corrected chi connectivity index (χ1v) is 5.96. The van der Waals surface area contributed by atoms with Crippen molar-refractivity contribution < 1.29 is 9.53 Å². The van der Waals surface area contributed by atoms with Gasteiger partial charge in [-0.2, -0.15) is 4.91 Å². The van der Waals surface area contributed by atoms with E-state index in [1.807, 2.05) is 34.6 Å². The number of ether oxygens (including phenoxy) is 1. The van der Waals surface area contributed by atoms with E-state index < -0.39 is 5.60 Å². The van der Waals surface area contributed by atoms with Crippen LogP contribution in [0, 0.1) is 10.3 Å². The van der Waals surface area contributed by atoms with E-state index in [9.17, 15) is 9.70 Å². The minimum Gasteiger partial charge on any atom is -0.444 e. The average Bonchev–Trinajstić information content (AvgIpc) is 2.13. The van der Waals surface area contributed by atoms with Crippen LogP contribution in [0.5, 0.6) is 0 Å². The minimum absolute atomic E-state index is 0.221. The lowest BCUT2D eigenvalue weighted by molar-refractivity contribution is 0.00556. The second kappa shape index (κ2) is 4.63. The molecular formula is C12H22N2O3. The van der Waals surface area contributed by atoms with E-state index in [1.165, 1.54) is 0 Å². The molecule has 98 valence electrons. The lowest BCUT2D eigenvalue weighted by atomic mass is 9.80. The molecule has 1 rings (SSSR count). The van der Waals surface area contributed by atoms with Gasteiger partial charge < -0.3 is 9.64 Å². The van der Waals surface area contributed by atoms with Crippen LogP contribution >= 0.6 is 0 Å². The highest BCUT2D eigenvalue weighted by Gasteiger charge is 2.39. The second-order valence-electron chi connectivity index (χ2n) is 6.30. The number of carbonyl (C=O) groups excluding carboxylic acids is 1. The molecule has 0 saturated carbocycles. The fourth-order valence-corrected chi connectivity index (χ4v) is 2.02. The molecule has 1 aliphatic rings. The first kappa shape index (κ1) is 13.9. The van der Waals surface area contributed by atoms with Gasteiger partial charge in [0.05, 0.1) is 0 Å². The predicted octanol–water partition coefficient (Wildman–Crippen LogP) is 2.79. The Labute approximate surface area is 102 Å². The highest BCUT2D eigenvalue weighted by Crippen LogP contribution is 2.32. The van der Waals surface area contributed by atoms with Crippen LogP contribution in [0.2, 0.25) is 0 Å². The maximum Gasteiger partial charge on any atom is 0.410 e. The van der Waals surface area contributed by atoms with Gasteiger partial charge in [0, 0.05) is 18.5 Å². The molecule has 5 heteroatoms. The molecule has 1 heterocycles. The molecule has 0 aromatic carbocycles. The summed E-state index contributed by atoms with van der Waals surface area (Å²) in [7, 11) is 0. The summed E-state index contributed by atoms with van der Waals surface area (Å²) in [5.41, 5.74) is -0.766. The summed E-state index contributed by atoms with van der Waals surface area (Å²) in [6.07, 6.45) is 0.297. The summed E-state index contributed by atoms with van der Waals surface area (Å²) in [5.74, 6) is 0. The lowest BCUT2D eigenvalue weighted by Crippen LogP contribution is -2.51. The SMILES string of the molecule is CC(C)(C)OC(=O)N1CCC(N=O)C(C)(C)C1. The highest BCUT2D eigenvalue weighted by molar-refractivity contribution is 5.68. The van der Waals surface area contributed by atoms with Gasteiger partial charge >= 0.3 is 6.09 Å². The number of nitrogens with zero attached hydrogens (tertiary/aromatic N) is 2. The van der Waals surface area contributed by atoms with Crippen LogP contribution < -0.4 is 0 Å². The van der Waals surface area contributed by atoms with Gasteiger partial charge in [0.1, 0.15) is 11.6 Å². The normalized spacial score (nSPS) is 24.3. The molecule has 1 atom stereocenters. The number of nitroso groups, excluding NO2 is 1. The summed E-state index contributed by atoms with van der Waals surface area (Å²) in [6.45, 7) is 10.5. The molecule has 17 heavy (non-hydrogen) atoms. The number of hydrogen-bond donors (Lipinski definition) is 0. The topological polar surface area (TPSA) is 59.0 Å². The third-order valence-electron chi connectivity index (χ3n) is 2.95. The average molecular weight is 242 g/mol. The van der Waals surface area contributed by atoms with E-state index in [4.69, 9.17) is 4.74 Å². The summed E-state index contributed by atoms with van der Waals surface area (Å²) in [4.78, 5) is 24.2. The van der Waals surface area contributed by atoms with Crippen molar-refractivity contribution in [3.63, 3.8) is 0 Å². The third-order valence-corrected chi connectivity index (χ3v) is 2.95. The van der Waals surface area contributed by atoms with Crippen LogP contribution in [0.15, 0.2) is 5.18 Å². The quantitative estimate of drug-likeness (QED) is 0.664. The number of carbonyl (C=O) groups is 1. The maximum atomic E-state index is 11.9. The van der Waals surface area contributed by atoms with Crippen LogP contribution in [0.25, 0.3) is 0 Å². The van der Waals surface area contributed by atoms with Crippen molar-refractivity contribution in [2.45, 2.75) is 52.7 Å². The largest absolute Gasteiger partial charge is 0.444 e. The highest BCUT2D eigenvalue weighted by atomic mass is 16.6. The second-order valence-corrected chi connectivity index (χ2v) is 6.30. The number of amides is 1. The van der Waals surface area contributed by atoms with E-state index in [2.05, 4.69) is 5.18 Å². The van der Waals surface area contributed by atoms with Crippen molar-refractivity contribution >= 4 is 6.09 Å². The zero-order valence-corrected chi connectivity index (χ0v) is 11.3. The van der Waals surface area contributed by atoms with Gasteiger partial charge in [-0.1, -0.05) is 19.0 Å². The minimum atomic E-state index is -0.485. The standard InChI is InChI=1S/C12H22N2O3/c1-11(2,3)17-10(15)14-7-6-9(13-16)12(4,5)8-14/h9H,6-8H2,1-5H3. The molecule has 0 aromatic rings. The molecule has 5 nitrogen and oxygen atoms in total. The van der Waals surface area contributed by atoms with Crippen molar-refractivity contribution in [1.82, 2.24) is 4.90 Å². The van der Waals surface area contributed by atoms with E-state index >= 15 is 0 Å². The zero-order chi connectivity index (χ0) is 13.3. The van der Waals surface area contributed by atoms with E-state index in [0.717, 1.165) is 0 Å². The monoisotopic (exact) mass is 242 g/mol. The molecule has 0 spiro atoms. The van der Waals surface area contributed by atoms with Crippen molar-refractivity contribution in [3.05, 3.63) is 4.91 Å². The Balaban J connectivity index is 2.65. The van der Waals surface area contributed by atoms with Gasteiger partial charge in [-0.3, -0.25) is 0 Å². The van der Waals surface area contributed by atoms with Crippen LogP contribution in [-0.2, 0) is 4.74 Å². The molecule has 1 unspecified atom stereocenters. The molecule has 0 N–H and O–H groups in total. The molecule has 0 aromatic heterocycles. The lowest BCUT2D eigenvalue weighted by Gasteiger charge is -2.41. The van der Waals surface area contributed by atoms with Gasteiger partial charge in [-0.05, 0) is 27.2 Å². The van der Waals surface area contributed by atoms with E-state index in [0.29, 0.717) is 19.5 Å². The third kappa shape index (κ3) is 3.68. The molecule has 1 fully saturated rings. The Kier molecular flexibility index (Phi) is 3.79. The molecule has 0 bridgehead atoms. The van der Waals surface area contributed by atoms with Crippen LogP contribution in [0.3, 0.4) is 0 Å². The number of rotatable bonds is 1. The molecule has 0 aliphatic carbocycles. The first-order chi connectivity index (χ1) is 7.65. The summed E-state index contributed by atoms with van der Waals surface area (Å²) >= 11 is 0. The summed E-state index contributed by atoms with van der Waals surface area (Å²) in [5, 5.41) is 3.14. The number of likely N-dealkylation sites (tertiary alicyclic amines) is 1.